The predicted octanol–water partition coefficient (Wildman–Crippen LogP) is 1.10. The molecule has 2 saturated carbocycles. The highest BCUT2D eigenvalue weighted by molar-refractivity contribution is 7.78. The zero-order valence-electron chi connectivity index (χ0n) is 12.5. The van der Waals surface area contributed by atoms with Crippen molar-refractivity contribution >= 4 is 7.26 Å². The molecular formula is C16H30ClO2P. The second kappa shape index (κ2) is 7.27. The van der Waals surface area contributed by atoms with Crippen molar-refractivity contribution in [3.05, 3.63) is 0 Å². The molecule has 0 spiro atoms. The summed E-state index contributed by atoms with van der Waals surface area (Å²) in [5.74, 6) is -0.262. The normalized spacial score (nSPS) is 35.7. The first-order chi connectivity index (χ1) is 9.26. The molecule has 0 amide bonds. The van der Waals surface area contributed by atoms with Gasteiger partial charge in [-0.1, -0.05) is 12.8 Å². The van der Waals surface area contributed by atoms with E-state index in [9.17, 15) is 10.2 Å². The summed E-state index contributed by atoms with van der Waals surface area (Å²) >= 11 is 0. The van der Waals surface area contributed by atoms with Crippen molar-refractivity contribution in [1.29, 1.82) is 0 Å². The third-order valence-electron chi connectivity index (χ3n) is 6.13. The molecule has 3 rings (SSSR count). The summed E-state index contributed by atoms with van der Waals surface area (Å²) in [6.45, 7) is 0. The van der Waals surface area contributed by atoms with Gasteiger partial charge >= 0.3 is 0 Å². The fraction of sp³-hybridized carbons (Fsp3) is 1.00. The maximum Gasteiger partial charge on any atom is 0.167 e. The molecule has 4 heteroatoms. The van der Waals surface area contributed by atoms with Crippen LogP contribution in [-0.2, 0) is 0 Å². The summed E-state index contributed by atoms with van der Waals surface area (Å²) in [6.07, 6.45) is 15.0. The van der Waals surface area contributed by atoms with Crippen LogP contribution in [0, 0.1) is 0 Å². The van der Waals surface area contributed by atoms with Crippen LogP contribution in [0.5, 0.6) is 0 Å². The predicted molar refractivity (Wildman–Crippen MR) is 81.9 cm³/mol. The fourth-order valence-corrected chi connectivity index (χ4v) is 11.9. The van der Waals surface area contributed by atoms with Gasteiger partial charge in [-0.05, 0) is 51.4 Å². The average molecular weight is 321 g/mol. The van der Waals surface area contributed by atoms with Crippen LogP contribution in [0.1, 0.15) is 77.0 Å². The van der Waals surface area contributed by atoms with Gasteiger partial charge in [0.1, 0.15) is 0 Å². The Labute approximate surface area is 130 Å². The van der Waals surface area contributed by atoms with Crippen molar-refractivity contribution in [3.8, 4) is 0 Å². The Kier molecular flexibility index (Phi) is 6.18. The smallest absolute Gasteiger partial charge is 0.167 e. The van der Waals surface area contributed by atoms with E-state index in [0.717, 1.165) is 12.8 Å². The fourth-order valence-electron chi connectivity index (χ4n) is 5.27. The maximum absolute atomic E-state index is 10.8. The minimum absolute atomic E-state index is 0. The van der Waals surface area contributed by atoms with E-state index in [4.69, 9.17) is 0 Å². The van der Waals surface area contributed by atoms with E-state index in [-0.39, 0.29) is 24.1 Å². The first kappa shape index (κ1) is 17.0. The molecule has 3 fully saturated rings. The lowest BCUT2D eigenvalue weighted by atomic mass is 9.99. The van der Waals surface area contributed by atoms with E-state index in [1.54, 1.807) is 0 Å². The summed E-state index contributed by atoms with van der Waals surface area (Å²) < 4.78 is 0. The lowest BCUT2D eigenvalue weighted by Crippen LogP contribution is -3.00. The van der Waals surface area contributed by atoms with Gasteiger partial charge in [0.15, 0.2) is 11.7 Å². The van der Waals surface area contributed by atoms with Gasteiger partial charge in [0.2, 0.25) is 0 Å². The van der Waals surface area contributed by atoms with Gasteiger partial charge in [-0.15, -0.1) is 0 Å². The molecule has 0 radical (unpaired) electrons. The van der Waals surface area contributed by atoms with Crippen LogP contribution < -0.4 is 12.4 Å². The van der Waals surface area contributed by atoms with Gasteiger partial charge in [0, 0.05) is 12.8 Å². The first-order valence-corrected chi connectivity index (χ1v) is 10.6. The third kappa shape index (κ3) is 2.78. The lowest BCUT2D eigenvalue weighted by molar-refractivity contribution is -0.00000651. The molecule has 2 atom stereocenters. The number of halogens is 1. The number of hydrogen-bond donors (Lipinski definition) is 2. The van der Waals surface area contributed by atoms with Crippen LogP contribution in [0.3, 0.4) is 0 Å². The van der Waals surface area contributed by atoms with Crippen molar-refractivity contribution in [2.45, 2.75) is 100 Å². The second-order valence-corrected chi connectivity index (χ2v) is 11.5. The molecule has 2 unspecified atom stereocenters. The number of aliphatic hydroxyl groups is 2. The van der Waals surface area contributed by atoms with Crippen molar-refractivity contribution in [3.63, 3.8) is 0 Å². The largest absolute Gasteiger partial charge is 1.00 e. The maximum atomic E-state index is 10.8. The molecule has 0 aromatic rings. The molecule has 1 aliphatic heterocycles. The van der Waals surface area contributed by atoms with Crippen molar-refractivity contribution in [2.75, 3.05) is 0 Å². The summed E-state index contributed by atoms with van der Waals surface area (Å²) in [5, 5.41) is 21.6. The number of rotatable bonds is 2. The van der Waals surface area contributed by atoms with Crippen LogP contribution >= 0.6 is 7.26 Å². The van der Waals surface area contributed by atoms with Crippen molar-refractivity contribution < 1.29 is 22.6 Å². The number of hydrogen-bond acceptors (Lipinski definition) is 2. The lowest BCUT2D eigenvalue weighted by Gasteiger charge is -2.44. The standard InChI is InChI=1S/C16H30O2P.ClH/c17-15-11-12-16(18)19(15,13-7-3-1-4-8-13)14-9-5-2-6-10-14;/h13-18H,1-12H2;1H/q+1;/p-1. The molecule has 0 aromatic carbocycles. The van der Waals surface area contributed by atoms with Gasteiger partial charge in [-0.3, -0.25) is 0 Å². The summed E-state index contributed by atoms with van der Waals surface area (Å²) in [7, 11) is -1.57. The van der Waals surface area contributed by atoms with E-state index < -0.39 is 7.26 Å². The highest BCUT2D eigenvalue weighted by atomic mass is 35.5. The Balaban J connectivity index is 0.00000147. The Morgan fingerprint density at radius 2 is 0.900 bits per heavy atom. The molecule has 118 valence electrons. The van der Waals surface area contributed by atoms with Crippen LogP contribution in [0.4, 0.5) is 0 Å². The first-order valence-electron chi connectivity index (χ1n) is 8.50. The van der Waals surface area contributed by atoms with Gasteiger partial charge in [0.05, 0.1) is 18.6 Å². The van der Waals surface area contributed by atoms with Crippen LogP contribution in [-0.4, -0.2) is 33.2 Å². The third-order valence-corrected chi connectivity index (χ3v) is 12.3. The Morgan fingerprint density at radius 1 is 0.550 bits per heavy atom. The highest BCUT2D eigenvalue weighted by Crippen LogP contribution is 2.81. The molecule has 1 saturated heterocycles. The number of aliphatic hydroxyl groups excluding tert-OH is 2. The molecule has 2 aliphatic carbocycles. The Morgan fingerprint density at radius 3 is 1.25 bits per heavy atom. The van der Waals surface area contributed by atoms with Crippen LogP contribution in [0.25, 0.3) is 0 Å². The summed E-state index contributed by atoms with van der Waals surface area (Å²) in [4.78, 5) is 0. The summed E-state index contributed by atoms with van der Waals surface area (Å²) in [6, 6.07) is 0. The van der Waals surface area contributed by atoms with E-state index in [1.165, 1.54) is 64.2 Å². The van der Waals surface area contributed by atoms with E-state index in [2.05, 4.69) is 0 Å². The van der Waals surface area contributed by atoms with Gasteiger partial charge < -0.3 is 22.6 Å². The quantitative estimate of drug-likeness (QED) is 0.748. The SMILES string of the molecule is OC1CCC(O)[P+]1(C1CCCCC1)C1CCCCC1.[Cl-]. The van der Waals surface area contributed by atoms with Crippen molar-refractivity contribution in [1.82, 2.24) is 0 Å². The van der Waals surface area contributed by atoms with E-state index in [1.807, 2.05) is 0 Å². The van der Waals surface area contributed by atoms with Gasteiger partial charge in [-0.2, -0.15) is 0 Å². The molecule has 2 N–H and O–H groups in total. The van der Waals surface area contributed by atoms with Gasteiger partial charge in [-0.25, -0.2) is 0 Å². The minimum Gasteiger partial charge on any atom is -1.00 e. The monoisotopic (exact) mass is 320 g/mol. The molecule has 0 bridgehead atoms. The summed E-state index contributed by atoms with van der Waals surface area (Å²) in [5.41, 5.74) is 1.38. The molecule has 2 nitrogen and oxygen atoms in total. The Bertz CT molecular complexity index is 271. The topological polar surface area (TPSA) is 40.5 Å². The van der Waals surface area contributed by atoms with E-state index in [0.29, 0.717) is 11.3 Å². The van der Waals surface area contributed by atoms with Crippen molar-refractivity contribution in [2.24, 2.45) is 0 Å². The molecule has 1 heterocycles. The highest BCUT2D eigenvalue weighted by Gasteiger charge is 2.64. The van der Waals surface area contributed by atoms with Crippen LogP contribution in [0.15, 0.2) is 0 Å². The molecule has 3 aliphatic rings. The van der Waals surface area contributed by atoms with E-state index >= 15 is 0 Å². The molecule has 20 heavy (non-hydrogen) atoms. The zero-order chi connectivity index (χ0) is 13.3. The second-order valence-electron chi connectivity index (χ2n) is 7.02. The minimum atomic E-state index is -1.57. The zero-order valence-corrected chi connectivity index (χ0v) is 14.2. The molecular weight excluding hydrogens is 291 g/mol. The van der Waals surface area contributed by atoms with Crippen LogP contribution in [0.2, 0.25) is 0 Å². The van der Waals surface area contributed by atoms with Gasteiger partial charge in [0.25, 0.3) is 0 Å². The Hall–Kier alpha value is 0.640. The average Bonchev–Trinajstić information content (AvgIpc) is 2.77. The molecule has 0 aromatic heterocycles.